The standard InChI is InChI=1S/C18H21B2ClN4O8S2/c1-3-10(17(28)31-19)33-24-11(9-5-34-7(2)22-9)14(26)23-12-15(27)25-13(18(29)32-20)8(4-21)6-35(30)16(12)25/h5,10,12,16H,3-4,6,19-20H2,1-2H3,(H,23,26)/b24-11-/t10-,12-,16-,35?/m1/s1. The molecule has 1 fully saturated rings. The van der Waals surface area contributed by atoms with Crippen molar-refractivity contribution in [2.45, 2.75) is 37.8 Å². The lowest BCUT2D eigenvalue weighted by Crippen LogP contribution is -2.75. The molecular formula is C18H21B2ClN4O8S2. The third-order valence-corrected chi connectivity index (χ3v) is 7.96. The predicted octanol–water partition coefficient (Wildman–Crippen LogP) is -1.96. The topological polar surface area (TPSA) is 160 Å². The van der Waals surface area contributed by atoms with Crippen LogP contribution in [0, 0.1) is 6.92 Å². The number of rotatable bonds is 9. The predicted molar refractivity (Wildman–Crippen MR) is 131 cm³/mol. The molecule has 3 heterocycles. The van der Waals surface area contributed by atoms with Crippen LogP contribution in [-0.4, -0.2) is 89.2 Å². The van der Waals surface area contributed by atoms with Crippen molar-refractivity contribution in [3.8, 4) is 0 Å². The molecular weight excluding hydrogens is 521 g/mol. The summed E-state index contributed by atoms with van der Waals surface area (Å²) < 4.78 is 22.2. The molecule has 1 aromatic rings. The molecule has 1 N–H and O–H groups in total. The molecule has 3 rings (SSSR count). The molecule has 1 unspecified atom stereocenters. The highest BCUT2D eigenvalue weighted by Gasteiger charge is 2.61. The van der Waals surface area contributed by atoms with Crippen molar-refractivity contribution in [1.29, 1.82) is 0 Å². The first-order valence-electron chi connectivity index (χ1n) is 10.3. The highest BCUT2D eigenvalue weighted by Crippen LogP contribution is 2.37. The van der Waals surface area contributed by atoms with Gasteiger partial charge in [0.1, 0.15) is 17.1 Å². The smallest absolute Gasteiger partial charge is 0.337 e. The monoisotopic (exact) mass is 542 g/mol. The Morgan fingerprint density at radius 1 is 1.43 bits per heavy atom. The number of nitrogens with one attached hydrogen (secondary N) is 1. The summed E-state index contributed by atoms with van der Waals surface area (Å²) in [5.41, 5.74) is 0.125. The van der Waals surface area contributed by atoms with Crippen LogP contribution in [0.3, 0.4) is 0 Å². The van der Waals surface area contributed by atoms with E-state index in [0.29, 0.717) is 10.6 Å². The van der Waals surface area contributed by atoms with Crippen LogP contribution in [0.2, 0.25) is 0 Å². The van der Waals surface area contributed by atoms with Gasteiger partial charge in [0.25, 0.3) is 11.8 Å². The normalized spacial score (nSPS) is 22.6. The maximum atomic E-state index is 13.1. The molecule has 35 heavy (non-hydrogen) atoms. The van der Waals surface area contributed by atoms with Crippen molar-refractivity contribution in [2.75, 3.05) is 11.6 Å². The van der Waals surface area contributed by atoms with Gasteiger partial charge < -0.3 is 24.0 Å². The average Bonchev–Trinajstić information content (AvgIpc) is 3.28. The fourth-order valence-corrected chi connectivity index (χ4v) is 6.08. The minimum absolute atomic E-state index is 0.0542. The molecule has 0 aliphatic carbocycles. The lowest BCUT2D eigenvalue weighted by atomic mass is 10.0. The Kier molecular flexibility index (Phi) is 8.85. The Morgan fingerprint density at radius 2 is 2.14 bits per heavy atom. The number of alkyl halides is 1. The van der Waals surface area contributed by atoms with Crippen LogP contribution in [0.1, 0.15) is 24.0 Å². The molecule has 1 saturated heterocycles. The summed E-state index contributed by atoms with van der Waals surface area (Å²) in [6.45, 7) is 3.40. The lowest BCUT2D eigenvalue weighted by molar-refractivity contribution is -0.149. The van der Waals surface area contributed by atoms with E-state index in [1.165, 1.54) is 19.4 Å². The molecule has 0 aromatic carbocycles. The summed E-state index contributed by atoms with van der Waals surface area (Å²) in [5, 5.41) is 7.55. The van der Waals surface area contributed by atoms with Gasteiger partial charge in [-0.3, -0.25) is 14.5 Å². The number of fused-ring (bicyclic) bond motifs is 1. The lowest BCUT2D eigenvalue weighted by Gasteiger charge is -2.49. The molecule has 0 saturated carbocycles. The molecule has 2 amide bonds. The first kappa shape index (κ1) is 27.0. The van der Waals surface area contributed by atoms with E-state index in [0.717, 1.165) is 12.9 Å². The molecule has 2 aliphatic heterocycles. The Balaban J connectivity index is 1.86. The van der Waals surface area contributed by atoms with Crippen molar-refractivity contribution >= 4 is 79.7 Å². The second-order valence-corrected chi connectivity index (χ2v) is 10.2. The number of amides is 2. The molecule has 0 bridgehead atoms. The number of nitrogens with zero attached hydrogens (tertiary/aromatic N) is 3. The number of β-lactam (4-membered cyclic amide) rings is 1. The molecule has 0 spiro atoms. The van der Waals surface area contributed by atoms with Gasteiger partial charge in [-0.15, -0.1) is 22.9 Å². The van der Waals surface area contributed by atoms with Crippen molar-refractivity contribution in [2.24, 2.45) is 5.16 Å². The van der Waals surface area contributed by atoms with E-state index in [2.05, 4.69) is 20.1 Å². The van der Waals surface area contributed by atoms with Crippen LogP contribution in [0.5, 0.6) is 0 Å². The maximum Gasteiger partial charge on any atom is 0.337 e. The molecule has 2 aliphatic rings. The number of carbonyl (C=O) groups is 4. The summed E-state index contributed by atoms with van der Waals surface area (Å²) in [5.74, 6) is -3.12. The number of aryl methyl sites for hydroxylation is 1. The number of hydrogen-bond donors (Lipinski definition) is 1. The summed E-state index contributed by atoms with van der Waals surface area (Å²) in [6.07, 6.45) is -0.833. The molecule has 12 nitrogen and oxygen atoms in total. The van der Waals surface area contributed by atoms with Gasteiger partial charge in [-0.05, 0) is 24.5 Å². The Morgan fingerprint density at radius 3 is 2.69 bits per heavy atom. The minimum Gasteiger partial charge on any atom is -0.614 e. The summed E-state index contributed by atoms with van der Waals surface area (Å²) >= 11 is 5.50. The van der Waals surface area contributed by atoms with E-state index in [9.17, 15) is 23.7 Å². The van der Waals surface area contributed by atoms with E-state index in [4.69, 9.17) is 21.1 Å². The number of aromatic nitrogens is 1. The quantitative estimate of drug-likeness (QED) is 0.0934. The van der Waals surface area contributed by atoms with Crippen LogP contribution in [-0.2, 0) is 44.5 Å². The number of carbonyl (C=O) groups excluding carboxylic acids is 4. The number of oxime groups is 1. The average molecular weight is 543 g/mol. The van der Waals surface area contributed by atoms with Crippen molar-refractivity contribution in [3.63, 3.8) is 0 Å². The number of halogens is 1. The zero-order valence-electron chi connectivity index (χ0n) is 19.2. The Bertz CT molecular complexity index is 1100. The molecule has 4 atom stereocenters. The maximum absolute atomic E-state index is 13.1. The van der Waals surface area contributed by atoms with E-state index < -0.39 is 52.4 Å². The van der Waals surface area contributed by atoms with Gasteiger partial charge in [0.2, 0.25) is 11.5 Å². The summed E-state index contributed by atoms with van der Waals surface area (Å²) in [7, 11) is 2.35. The number of hydrogen-bond acceptors (Lipinski definition) is 11. The molecule has 17 heteroatoms. The Labute approximate surface area is 214 Å². The highest BCUT2D eigenvalue weighted by molar-refractivity contribution is 7.92. The van der Waals surface area contributed by atoms with E-state index in [1.54, 1.807) is 19.2 Å². The largest absolute Gasteiger partial charge is 0.614 e. The summed E-state index contributed by atoms with van der Waals surface area (Å²) in [6, 6.07) is -1.20. The van der Waals surface area contributed by atoms with Crippen LogP contribution < -0.4 is 5.32 Å². The second-order valence-electron chi connectivity index (χ2n) is 7.37. The first-order chi connectivity index (χ1) is 16.7. The molecule has 1 aromatic heterocycles. The minimum atomic E-state index is -1.64. The third kappa shape index (κ3) is 5.34. The van der Waals surface area contributed by atoms with E-state index >= 15 is 0 Å². The third-order valence-electron chi connectivity index (χ3n) is 5.21. The van der Waals surface area contributed by atoms with Gasteiger partial charge in [0, 0.05) is 11.0 Å². The zero-order valence-corrected chi connectivity index (χ0v) is 21.6. The van der Waals surface area contributed by atoms with Crippen molar-refractivity contribution < 1.29 is 37.9 Å². The fourth-order valence-electron chi connectivity index (χ4n) is 3.46. The fraction of sp³-hybridized carbons (Fsp3) is 0.444. The van der Waals surface area contributed by atoms with Gasteiger partial charge >= 0.3 is 28.0 Å². The van der Waals surface area contributed by atoms with Gasteiger partial charge in [-0.25, -0.2) is 14.6 Å². The van der Waals surface area contributed by atoms with Crippen LogP contribution >= 0.6 is 22.9 Å². The van der Waals surface area contributed by atoms with Gasteiger partial charge in [-0.1, -0.05) is 12.1 Å². The zero-order chi connectivity index (χ0) is 25.9. The Hall–Kier alpha value is -2.55. The number of thiazole rings is 1. The van der Waals surface area contributed by atoms with Crippen LogP contribution in [0.4, 0.5) is 0 Å². The van der Waals surface area contributed by atoms with Crippen molar-refractivity contribution in [1.82, 2.24) is 15.2 Å². The van der Waals surface area contributed by atoms with Crippen LogP contribution in [0.15, 0.2) is 21.8 Å². The van der Waals surface area contributed by atoms with Gasteiger partial charge in [0.15, 0.2) is 11.8 Å². The first-order valence-corrected chi connectivity index (χ1v) is 13.1. The molecule has 186 valence electrons. The summed E-state index contributed by atoms with van der Waals surface area (Å²) in [4.78, 5) is 60.7. The second kappa shape index (κ2) is 11.5. The van der Waals surface area contributed by atoms with Crippen molar-refractivity contribution in [3.05, 3.63) is 27.4 Å². The van der Waals surface area contributed by atoms with Gasteiger partial charge in [-0.2, -0.15) is 0 Å². The SMILES string of the molecule is BOC(=O)C1=C(CCl)C[S+]([O-])[C@@H]2[C@H](NC(=O)/C(=N\O[C@H](CC)C(=O)OB)c3csc(C)n3)C(=O)N12. The molecule has 0 radical (unpaired) electrons. The van der Waals surface area contributed by atoms with E-state index in [1.807, 2.05) is 0 Å². The van der Waals surface area contributed by atoms with E-state index in [-0.39, 0.29) is 35.2 Å². The van der Waals surface area contributed by atoms with Crippen LogP contribution in [0.25, 0.3) is 0 Å². The van der Waals surface area contributed by atoms with Gasteiger partial charge in [0.05, 0.1) is 10.9 Å². The highest BCUT2D eigenvalue weighted by atomic mass is 35.5.